The molecule has 0 spiro atoms. The van der Waals surface area contributed by atoms with Crippen LogP contribution >= 0.6 is 11.8 Å². The number of rotatable bonds is 9. The fourth-order valence-electron chi connectivity index (χ4n) is 1.40. The van der Waals surface area contributed by atoms with Gasteiger partial charge in [0.1, 0.15) is 0 Å². The van der Waals surface area contributed by atoms with Crippen LogP contribution in [0.3, 0.4) is 0 Å². The number of nitrogens with one attached hydrogen (secondary N) is 2. The zero-order chi connectivity index (χ0) is 14.7. The molecule has 0 heterocycles. The smallest absolute Gasteiger partial charge is 0.220 e. The Morgan fingerprint density at radius 1 is 1.00 bits per heavy atom. The summed E-state index contributed by atoms with van der Waals surface area (Å²) in [5.74, 6) is 1.05. The van der Waals surface area contributed by atoms with Gasteiger partial charge in [0.15, 0.2) is 0 Å². The molecule has 0 aliphatic heterocycles. The summed E-state index contributed by atoms with van der Waals surface area (Å²) in [6.45, 7) is 7.65. The molecule has 0 atom stereocenters. The Hall–Kier alpha value is -0.710. The molecule has 0 unspecified atom stereocenters. The summed E-state index contributed by atoms with van der Waals surface area (Å²) in [7, 11) is 0. The molecule has 2 N–H and O–H groups in total. The molecule has 0 aromatic carbocycles. The maximum atomic E-state index is 11.5. The molecule has 0 aromatic heterocycles. The first kappa shape index (κ1) is 18.3. The maximum absolute atomic E-state index is 11.5. The summed E-state index contributed by atoms with van der Waals surface area (Å²) >= 11 is 1.67. The van der Waals surface area contributed by atoms with Crippen molar-refractivity contribution in [2.75, 3.05) is 25.1 Å². The number of hydrogen-bond acceptors (Lipinski definition) is 3. The van der Waals surface area contributed by atoms with Crippen molar-refractivity contribution >= 4 is 23.6 Å². The molecule has 4 nitrogen and oxygen atoms in total. The second-order valence-electron chi connectivity index (χ2n) is 5.86. The van der Waals surface area contributed by atoms with Gasteiger partial charge in [-0.25, -0.2) is 0 Å². The van der Waals surface area contributed by atoms with Gasteiger partial charge in [-0.3, -0.25) is 9.59 Å². The highest BCUT2D eigenvalue weighted by Crippen LogP contribution is 2.20. The van der Waals surface area contributed by atoms with Crippen LogP contribution < -0.4 is 10.6 Å². The van der Waals surface area contributed by atoms with E-state index in [9.17, 15) is 9.59 Å². The summed E-state index contributed by atoms with van der Waals surface area (Å²) in [6.07, 6.45) is 4.81. The lowest BCUT2D eigenvalue weighted by Gasteiger charge is -2.17. The average Bonchev–Trinajstić information content (AvgIpc) is 2.32. The molecule has 0 fully saturated rings. The van der Waals surface area contributed by atoms with Crippen LogP contribution in [0.4, 0.5) is 0 Å². The van der Waals surface area contributed by atoms with Crippen LogP contribution in [0.1, 0.15) is 46.5 Å². The molecular formula is C14H28N2O2S. The Morgan fingerprint density at radius 3 is 2.00 bits per heavy atom. The van der Waals surface area contributed by atoms with E-state index in [0.29, 0.717) is 25.9 Å². The molecule has 0 rings (SSSR count). The van der Waals surface area contributed by atoms with Gasteiger partial charge in [0.25, 0.3) is 0 Å². The maximum Gasteiger partial charge on any atom is 0.220 e. The van der Waals surface area contributed by atoms with Crippen molar-refractivity contribution in [2.45, 2.75) is 46.5 Å². The van der Waals surface area contributed by atoms with Gasteiger partial charge in [0.05, 0.1) is 0 Å². The van der Waals surface area contributed by atoms with E-state index in [1.54, 1.807) is 11.8 Å². The number of amides is 2. The van der Waals surface area contributed by atoms with E-state index >= 15 is 0 Å². The predicted octanol–water partition coefficient (Wildman–Crippen LogP) is 2.19. The van der Waals surface area contributed by atoms with E-state index in [-0.39, 0.29) is 17.2 Å². The third-order valence-electron chi connectivity index (χ3n) is 2.63. The summed E-state index contributed by atoms with van der Waals surface area (Å²) in [6, 6.07) is 0. The Kier molecular flexibility index (Phi) is 9.74. The van der Waals surface area contributed by atoms with Crippen molar-refractivity contribution in [3.63, 3.8) is 0 Å². The molecular weight excluding hydrogens is 260 g/mol. The van der Waals surface area contributed by atoms with Crippen LogP contribution in [-0.4, -0.2) is 36.9 Å². The van der Waals surface area contributed by atoms with Crippen LogP contribution in [0.2, 0.25) is 0 Å². The molecule has 0 saturated carbocycles. The first-order valence-electron chi connectivity index (χ1n) is 6.87. The lowest BCUT2D eigenvalue weighted by atomic mass is 9.90. The fourth-order valence-corrected chi connectivity index (χ4v) is 1.79. The van der Waals surface area contributed by atoms with Crippen molar-refractivity contribution in [3.05, 3.63) is 0 Å². The van der Waals surface area contributed by atoms with Crippen LogP contribution in [-0.2, 0) is 9.59 Å². The Labute approximate surface area is 121 Å². The van der Waals surface area contributed by atoms with Gasteiger partial charge in [-0.15, -0.1) is 0 Å². The second kappa shape index (κ2) is 10.1. The lowest BCUT2D eigenvalue weighted by molar-refractivity contribution is -0.121. The molecule has 5 heteroatoms. The summed E-state index contributed by atoms with van der Waals surface area (Å²) in [5, 5.41) is 5.72. The minimum Gasteiger partial charge on any atom is -0.356 e. The predicted molar refractivity (Wildman–Crippen MR) is 82.3 cm³/mol. The van der Waals surface area contributed by atoms with Gasteiger partial charge < -0.3 is 10.6 Å². The summed E-state index contributed by atoms with van der Waals surface area (Å²) in [5.41, 5.74) is 0.197. The minimum absolute atomic E-state index is 0.0911. The SMILES string of the molecule is CSCCC(=O)NCCCNC(=O)CCC(C)(C)C. The highest BCUT2D eigenvalue weighted by Gasteiger charge is 2.12. The Morgan fingerprint density at radius 2 is 1.53 bits per heavy atom. The van der Waals surface area contributed by atoms with Crippen molar-refractivity contribution in [2.24, 2.45) is 5.41 Å². The Bertz CT molecular complexity index is 275. The molecule has 112 valence electrons. The highest BCUT2D eigenvalue weighted by molar-refractivity contribution is 7.98. The first-order chi connectivity index (χ1) is 8.85. The van der Waals surface area contributed by atoms with Crippen molar-refractivity contribution < 1.29 is 9.59 Å². The monoisotopic (exact) mass is 288 g/mol. The van der Waals surface area contributed by atoms with Gasteiger partial charge >= 0.3 is 0 Å². The van der Waals surface area contributed by atoms with E-state index in [1.807, 2.05) is 6.26 Å². The van der Waals surface area contributed by atoms with E-state index < -0.39 is 0 Å². The minimum atomic E-state index is 0.0911. The van der Waals surface area contributed by atoms with E-state index in [1.165, 1.54) is 0 Å². The standard InChI is InChI=1S/C14H28N2O2S/c1-14(2,3)8-6-12(17)15-9-5-10-16-13(18)7-11-19-4/h5-11H2,1-4H3,(H,15,17)(H,16,18). The molecule has 0 saturated heterocycles. The average molecular weight is 288 g/mol. The van der Waals surface area contributed by atoms with Gasteiger partial charge in [0.2, 0.25) is 11.8 Å². The quantitative estimate of drug-likeness (QED) is 0.639. The van der Waals surface area contributed by atoms with Crippen molar-refractivity contribution in [1.82, 2.24) is 10.6 Å². The molecule has 0 bridgehead atoms. The first-order valence-corrected chi connectivity index (χ1v) is 8.27. The van der Waals surface area contributed by atoms with Gasteiger partial charge in [-0.1, -0.05) is 20.8 Å². The zero-order valence-corrected chi connectivity index (χ0v) is 13.5. The van der Waals surface area contributed by atoms with Crippen molar-refractivity contribution in [3.8, 4) is 0 Å². The number of thioether (sulfide) groups is 1. The van der Waals surface area contributed by atoms with Crippen molar-refractivity contribution in [1.29, 1.82) is 0 Å². The Balaban J connectivity index is 3.44. The third kappa shape index (κ3) is 13.5. The second-order valence-corrected chi connectivity index (χ2v) is 6.84. The molecule has 0 radical (unpaired) electrons. The topological polar surface area (TPSA) is 58.2 Å². The number of hydrogen-bond donors (Lipinski definition) is 2. The molecule has 0 aliphatic rings. The molecule has 0 aliphatic carbocycles. The van der Waals surface area contributed by atoms with E-state index in [2.05, 4.69) is 31.4 Å². The highest BCUT2D eigenvalue weighted by atomic mass is 32.2. The van der Waals surface area contributed by atoms with E-state index in [4.69, 9.17) is 0 Å². The number of carbonyl (C=O) groups excluding carboxylic acids is 2. The molecule has 0 aromatic rings. The van der Waals surface area contributed by atoms with Crippen LogP contribution in [0.5, 0.6) is 0 Å². The van der Waals surface area contributed by atoms with Gasteiger partial charge in [-0.05, 0) is 24.5 Å². The zero-order valence-electron chi connectivity index (χ0n) is 12.7. The van der Waals surface area contributed by atoms with Crippen LogP contribution in [0.25, 0.3) is 0 Å². The summed E-state index contributed by atoms with van der Waals surface area (Å²) in [4.78, 5) is 22.8. The van der Waals surface area contributed by atoms with Crippen LogP contribution in [0.15, 0.2) is 0 Å². The van der Waals surface area contributed by atoms with E-state index in [0.717, 1.165) is 18.6 Å². The summed E-state index contributed by atoms with van der Waals surface area (Å²) < 4.78 is 0. The van der Waals surface area contributed by atoms with Gasteiger partial charge in [-0.2, -0.15) is 11.8 Å². The largest absolute Gasteiger partial charge is 0.356 e. The lowest BCUT2D eigenvalue weighted by Crippen LogP contribution is -2.30. The third-order valence-corrected chi connectivity index (χ3v) is 3.25. The van der Waals surface area contributed by atoms with Gasteiger partial charge in [0, 0.05) is 31.7 Å². The molecule has 2 amide bonds. The molecule has 19 heavy (non-hydrogen) atoms. The normalized spacial score (nSPS) is 11.2. The van der Waals surface area contributed by atoms with Crippen LogP contribution in [0, 0.1) is 5.41 Å². The number of carbonyl (C=O) groups is 2. The fraction of sp³-hybridized carbons (Fsp3) is 0.857.